The van der Waals surface area contributed by atoms with Crippen molar-refractivity contribution >= 4 is 23.3 Å². The van der Waals surface area contributed by atoms with Gasteiger partial charge in [-0.3, -0.25) is 4.79 Å². The van der Waals surface area contributed by atoms with E-state index in [1.807, 2.05) is 48.2 Å². The van der Waals surface area contributed by atoms with Crippen molar-refractivity contribution in [2.75, 3.05) is 31.1 Å². The standard InChI is InChI=1S/C22H21ClN4O2/c1-16-24-20(15-21(25-16)29-19-8-3-2-4-9-19)26-10-12-27(13-11-26)22(28)17-6-5-7-18(23)14-17/h2-9,14-15H,10-13H2,1H3. The van der Waals surface area contributed by atoms with E-state index in [1.165, 1.54) is 0 Å². The van der Waals surface area contributed by atoms with Crippen LogP contribution in [0.4, 0.5) is 5.82 Å². The number of amides is 1. The molecule has 1 fully saturated rings. The van der Waals surface area contributed by atoms with E-state index in [0.717, 1.165) is 11.6 Å². The number of ether oxygens (including phenoxy) is 1. The molecule has 1 aliphatic heterocycles. The summed E-state index contributed by atoms with van der Waals surface area (Å²) in [6, 6.07) is 18.4. The van der Waals surface area contributed by atoms with Crippen LogP contribution in [0.2, 0.25) is 5.02 Å². The van der Waals surface area contributed by atoms with Crippen LogP contribution in [0.5, 0.6) is 11.6 Å². The van der Waals surface area contributed by atoms with Crippen LogP contribution >= 0.6 is 11.6 Å². The quantitative estimate of drug-likeness (QED) is 0.647. The molecule has 1 saturated heterocycles. The zero-order valence-electron chi connectivity index (χ0n) is 16.1. The molecule has 0 unspecified atom stereocenters. The topological polar surface area (TPSA) is 58.6 Å². The molecule has 29 heavy (non-hydrogen) atoms. The molecule has 2 heterocycles. The molecule has 4 rings (SSSR count). The summed E-state index contributed by atoms with van der Waals surface area (Å²) in [4.78, 5) is 25.6. The van der Waals surface area contributed by atoms with Crippen LogP contribution in [0.25, 0.3) is 0 Å². The fraction of sp³-hybridized carbons (Fsp3) is 0.227. The molecule has 0 radical (unpaired) electrons. The van der Waals surface area contributed by atoms with E-state index in [4.69, 9.17) is 16.3 Å². The summed E-state index contributed by atoms with van der Waals surface area (Å²) in [6.45, 7) is 4.45. The molecular weight excluding hydrogens is 388 g/mol. The van der Waals surface area contributed by atoms with Crippen LogP contribution in [-0.2, 0) is 0 Å². The Morgan fingerprint density at radius 3 is 2.45 bits per heavy atom. The Labute approximate surface area is 174 Å². The van der Waals surface area contributed by atoms with Crippen LogP contribution in [0, 0.1) is 6.92 Å². The minimum absolute atomic E-state index is 0.000817. The Kier molecular flexibility index (Phi) is 5.62. The van der Waals surface area contributed by atoms with E-state index in [0.29, 0.717) is 48.5 Å². The molecule has 1 aromatic heterocycles. The van der Waals surface area contributed by atoms with Crippen molar-refractivity contribution < 1.29 is 9.53 Å². The van der Waals surface area contributed by atoms with E-state index >= 15 is 0 Å². The molecule has 7 heteroatoms. The zero-order chi connectivity index (χ0) is 20.2. The van der Waals surface area contributed by atoms with Gasteiger partial charge in [-0.25, -0.2) is 4.98 Å². The van der Waals surface area contributed by atoms with E-state index < -0.39 is 0 Å². The summed E-state index contributed by atoms with van der Waals surface area (Å²) in [6.07, 6.45) is 0. The minimum atomic E-state index is -0.000817. The van der Waals surface area contributed by atoms with Gasteiger partial charge in [-0.15, -0.1) is 0 Å². The largest absolute Gasteiger partial charge is 0.439 e. The van der Waals surface area contributed by atoms with Crippen LogP contribution in [0.15, 0.2) is 60.7 Å². The highest BCUT2D eigenvalue weighted by atomic mass is 35.5. The number of rotatable bonds is 4. The molecule has 0 spiro atoms. The van der Waals surface area contributed by atoms with Gasteiger partial charge in [-0.2, -0.15) is 4.98 Å². The minimum Gasteiger partial charge on any atom is -0.439 e. The maximum absolute atomic E-state index is 12.7. The summed E-state index contributed by atoms with van der Waals surface area (Å²) in [7, 11) is 0. The fourth-order valence-electron chi connectivity index (χ4n) is 3.29. The first-order valence-electron chi connectivity index (χ1n) is 9.47. The normalized spacial score (nSPS) is 14.0. The lowest BCUT2D eigenvalue weighted by Gasteiger charge is -2.35. The summed E-state index contributed by atoms with van der Waals surface area (Å²) >= 11 is 6.01. The van der Waals surface area contributed by atoms with Crippen molar-refractivity contribution in [1.82, 2.24) is 14.9 Å². The van der Waals surface area contributed by atoms with Gasteiger partial charge in [0.1, 0.15) is 17.4 Å². The van der Waals surface area contributed by atoms with Crippen LogP contribution in [0.3, 0.4) is 0 Å². The average Bonchev–Trinajstić information content (AvgIpc) is 2.74. The highest BCUT2D eigenvalue weighted by molar-refractivity contribution is 6.30. The number of hydrogen-bond acceptors (Lipinski definition) is 5. The Morgan fingerprint density at radius 2 is 1.72 bits per heavy atom. The number of piperazine rings is 1. The van der Waals surface area contributed by atoms with Crippen molar-refractivity contribution in [2.45, 2.75) is 6.92 Å². The number of carbonyl (C=O) groups excluding carboxylic acids is 1. The third-order valence-electron chi connectivity index (χ3n) is 4.73. The molecule has 1 amide bonds. The highest BCUT2D eigenvalue weighted by Crippen LogP contribution is 2.24. The molecule has 0 saturated carbocycles. The molecule has 3 aromatic rings. The molecule has 2 aromatic carbocycles. The van der Waals surface area contributed by atoms with Crippen molar-refractivity contribution in [3.05, 3.63) is 77.1 Å². The van der Waals surface area contributed by atoms with E-state index in [1.54, 1.807) is 24.3 Å². The Morgan fingerprint density at radius 1 is 0.966 bits per heavy atom. The second-order valence-corrected chi connectivity index (χ2v) is 7.25. The van der Waals surface area contributed by atoms with Gasteiger partial charge in [0.25, 0.3) is 5.91 Å². The van der Waals surface area contributed by atoms with Gasteiger partial charge in [0.2, 0.25) is 5.88 Å². The first-order chi connectivity index (χ1) is 14.1. The van der Waals surface area contributed by atoms with Crippen LogP contribution < -0.4 is 9.64 Å². The number of anilines is 1. The monoisotopic (exact) mass is 408 g/mol. The van der Waals surface area contributed by atoms with Crippen molar-refractivity contribution in [3.8, 4) is 11.6 Å². The van der Waals surface area contributed by atoms with E-state index in [2.05, 4.69) is 14.9 Å². The van der Waals surface area contributed by atoms with Gasteiger partial charge >= 0.3 is 0 Å². The number of benzene rings is 2. The van der Waals surface area contributed by atoms with Gasteiger partial charge < -0.3 is 14.5 Å². The number of aromatic nitrogens is 2. The smallest absolute Gasteiger partial charge is 0.254 e. The first kappa shape index (κ1) is 19.2. The molecule has 1 aliphatic rings. The lowest BCUT2D eigenvalue weighted by Crippen LogP contribution is -2.49. The predicted molar refractivity (Wildman–Crippen MR) is 113 cm³/mol. The predicted octanol–water partition coefficient (Wildman–Crippen LogP) is 4.19. The molecule has 0 aliphatic carbocycles. The second-order valence-electron chi connectivity index (χ2n) is 6.82. The van der Waals surface area contributed by atoms with Crippen LogP contribution in [-0.4, -0.2) is 47.0 Å². The first-order valence-corrected chi connectivity index (χ1v) is 9.85. The Hall–Kier alpha value is -3.12. The highest BCUT2D eigenvalue weighted by Gasteiger charge is 2.23. The Bertz CT molecular complexity index is 1000. The second kappa shape index (κ2) is 8.49. The number of hydrogen-bond donors (Lipinski definition) is 0. The van der Waals surface area contributed by atoms with Gasteiger partial charge in [-0.05, 0) is 37.3 Å². The van der Waals surface area contributed by atoms with Crippen molar-refractivity contribution in [2.24, 2.45) is 0 Å². The maximum Gasteiger partial charge on any atom is 0.254 e. The maximum atomic E-state index is 12.7. The van der Waals surface area contributed by atoms with E-state index in [-0.39, 0.29) is 5.91 Å². The molecular formula is C22H21ClN4O2. The van der Waals surface area contributed by atoms with Crippen molar-refractivity contribution in [3.63, 3.8) is 0 Å². The summed E-state index contributed by atoms with van der Waals surface area (Å²) in [5, 5.41) is 0.567. The average molecular weight is 409 g/mol. The lowest BCUT2D eigenvalue weighted by atomic mass is 10.2. The van der Waals surface area contributed by atoms with E-state index in [9.17, 15) is 4.79 Å². The fourth-order valence-corrected chi connectivity index (χ4v) is 3.48. The summed E-state index contributed by atoms with van der Waals surface area (Å²) in [5.74, 6) is 2.69. The SMILES string of the molecule is Cc1nc(Oc2ccccc2)cc(N2CCN(C(=O)c3cccc(Cl)c3)CC2)n1. The van der Waals surface area contributed by atoms with Gasteiger partial charge in [-0.1, -0.05) is 35.9 Å². The van der Waals surface area contributed by atoms with Crippen LogP contribution in [0.1, 0.15) is 16.2 Å². The van der Waals surface area contributed by atoms with Gasteiger partial charge in [0.05, 0.1) is 0 Å². The third-order valence-corrected chi connectivity index (χ3v) is 4.96. The molecule has 6 nitrogen and oxygen atoms in total. The Balaban J connectivity index is 1.43. The molecule has 0 bridgehead atoms. The zero-order valence-corrected chi connectivity index (χ0v) is 16.8. The number of aryl methyl sites for hydroxylation is 1. The molecule has 0 atom stereocenters. The number of halogens is 1. The van der Waals surface area contributed by atoms with Gasteiger partial charge in [0.15, 0.2) is 0 Å². The third kappa shape index (κ3) is 4.66. The lowest BCUT2D eigenvalue weighted by molar-refractivity contribution is 0.0746. The summed E-state index contributed by atoms with van der Waals surface area (Å²) < 4.78 is 5.86. The number of nitrogens with zero attached hydrogens (tertiary/aromatic N) is 4. The molecule has 0 N–H and O–H groups in total. The number of para-hydroxylation sites is 1. The van der Waals surface area contributed by atoms with Crippen molar-refractivity contribution in [1.29, 1.82) is 0 Å². The van der Waals surface area contributed by atoms with Gasteiger partial charge in [0, 0.05) is 42.8 Å². The number of carbonyl (C=O) groups is 1. The molecule has 148 valence electrons. The summed E-state index contributed by atoms with van der Waals surface area (Å²) in [5.41, 5.74) is 0.613.